The molecule has 0 unspecified atom stereocenters. The zero-order chi connectivity index (χ0) is 14.7. The second kappa shape index (κ2) is 6.47. The van der Waals surface area contributed by atoms with Gasteiger partial charge in [0.1, 0.15) is 5.69 Å². The van der Waals surface area contributed by atoms with Crippen LogP contribution in [0.15, 0.2) is 23.1 Å². The molecule has 106 valence electrons. The van der Waals surface area contributed by atoms with Crippen LogP contribution < -0.4 is 5.56 Å². The number of hydrogen-bond acceptors (Lipinski definition) is 3. The lowest BCUT2D eigenvalue weighted by molar-refractivity contribution is 0.631. The summed E-state index contributed by atoms with van der Waals surface area (Å²) >= 11 is 2.07. The predicted octanol–water partition coefficient (Wildman–Crippen LogP) is 3.20. The van der Waals surface area contributed by atoms with Crippen molar-refractivity contribution in [1.29, 1.82) is 0 Å². The van der Waals surface area contributed by atoms with Gasteiger partial charge in [0.25, 0.3) is 5.56 Å². The summed E-state index contributed by atoms with van der Waals surface area (Å²) in [6.45, 7) is 6.31. The topological polar surface area (TPSA) is 58.6 Å². The molecule has 0 aliphatic heterocycles. The van der Waals surface area contributed by atoms with Gasteiger partial charge in [-0.3, -0.25) is 9.78 Å². The quantitative estimate of drug-likeness (QED) is 0.825. The largest absolute Gasteiger partial charge is 0.304 e. The Morgan fingerprint density at radius 1 is 1.40 bits per heavy atom. The zero-order valence-electron chi connectivity index (χ0n) is 11.9. The summed E-state index contributed by atoms with van der Waals surface area (Å²) in [5.41, 5.74) is 2.63. The molecule has 0 aromatic carbocycles. The van der Waals surface area contributed by atoms with Crippen LogP contribution in [0.3, 0.4) is 0 Å². The van der Waals surface area contributed by atoms with Crippen molar-refractivity contribution in [1.82, 2.24) is 15.0 Å². The molecule has 0 amide bonds. The fraction of sp³-hybridized carbons (Fsp3) is 0.400. The fourth-order valence-electron chi connectivity index (χ4n) is 2.08. The summed E-state index contributed by atoms with van der Waals surface area (Å²) in [5, 5.41) is 0. The molecule has 2 heterocycles. The number of pyridine rings is 1. The van der Waals surface area contributed by atoms with Crippen molar-refractivity contribution in [3.8, 4) is 11.5 Å². The van der Waals surface area contributed by atoms with Crippen molar-refractivity contribution < 1.29 is 0 Å². The summed E-state index contributed by atoms with van der Waals surface area (Å²) in [7, 11) is 0. The second-order valence-electron chi connectivity index (χ2n) is 5.14. The first kappa shape index (κ1) is 15.2. The van der Waals surface area contributed by atoms with Gasteiger partial charge in [-0.25, -0.2) is 4.98 Å². The highest BCUT2D eigenvalue weighted by Crippen LogP contribution is 2.19. The van der Waals surface area contributed by atoms with Gasteiger partial charge in [0.2, 0.25) is 0 Å². The van der Waals surface area contributed by atoms with Gasteiger partial charge in [0.15, 0.2) is 5.82 Å². The van der Waals surface area contributed by atoms with Crippen LogP contribution in [-0.2, 0) is 12.8 Å². The molecule has 0 atom stereocenters. The van der Waals surface area contributed by atoms with E-state index in [-0.39, 0.29) is 5.56 Å². The minimum atomic E-state index is -0.0843. The molecule has 0 radical (unpaired) electrons. The number of hydrogen-bond donors (Lipinski definition) is 1. The molecule has 0 saturated carbocycles. The average Bonchev–Trinajstić information content (AvgIpc) is 2.43. The molecule has 0 bridgehead atoms. The minimum absolute atomic E-state index is 0.0843. The monoisotopic (exact) mass is 383 g/mol. The third-order valence-electron chi connectivity index (χ3n) is 3.03. The Bertz CT molecular complexity index is 664. The van der Waals surface area contributed by atoms with E-state index in [1.807, 2.05) is 12.1 Å². The Morgan fingerprint density at radius 3 is 2.80 bits per heavy atom. The number of aryl methyl sites for hydroxylation is 1. The summed E-state index contributed by atoms with van der Waals surface area (Å²) in [6, 6.07) is 3.92. The number of rotatable bonds is 4. The van der Waals surface area contributed by atoms with E-state index in [0.717, 1.165) is 29.8 Å². The number of nitrogens with zero attached hydrogens (tertiary/aromatic N) is 2. The van der Waals surface area contributed by atoms with Gasteiger partial charge in [-0.1, -0.05) is 26.8 Å². The molecular formula is C15H18IN3O. The summed E-state index contributed by atoms with van der Waals surface area (Å²) in [4.78, 5) is 23.9. The van der Waals surface area contributed by atoms with Crippen molar-refractivity contribution in [2.24, 2.45) is 5.92 Å². The van der Waals surface area contributed by atoms with Gasteiger partial charge < -0.3 is 4.98 Å². The Labute approximate surface area is 132 Å². The number of aromatic amines is 1. The summed E-state index contributed by atoms with van der Waals surface area (Å²) in [5.74, 6) is 1.03. The summed E-state index contributed by atoms with van der Waals surface area (Å²) < 4.78 is 0.675. The van der Waals surface area contributed by atoms with E-state index in [1.165, 1.54) is 0 Å². The molecule has 0 aliphatic rings. The Hall–Kier alpha value is -1.24. The van der Waals surface area contributed by atoms with Crippen LogP contribution in [0.1, 0.15) is 32.0 Å². The SMILES string of the molecule is CCc1cccnc1-c1nc(CC(C)C)c(I)c(=O)[nH]1. The van der Waals surface area contributed by atoms with Crippen molar-refractivity contribution in [2.75, 3.05) is 0 Å². The van der Waals surface area contributed by atoms with E-state index in [1.54, 1.807) is 6.20 Å². The third kappa shape index (κ3) is 3.26. The Balaban J connectivity index is 2.58. The maximum atomic E-state index is 12.1. The molecule has 0 fully saturated rings. The number of aromatic nitrogens is 3. The minimum Gasteiger partial charge on any atom is -0.304 e. The molecular weight excluding hydrogens is 365 g/mol. The van der Waals surface area contributed by atoms with Crippen molar-refractivity contribution in [2.45, 2.75) is 33.6 Å². The molecule has 0 spiro atoms. The number of nitrogens with one attached hydrogen (secondary N) is 1. The maximum Gasteiger partial charge on any atom is 0.264 e. The third-order valence-corrected chi connectivity index (χ3v) is 4.14. The molecule has 0 saturated heterocycles. The first-order valence-corrected chi connectivity index (χ1v) is 7.83. The smallest absolute Gasteiger partial charge is 0.264 e. The molecule has 2 aromatic rings. The van der Waals surface area contributed by atoms with Crippen LogP contribution in [0.2, 0.25) is 0 Å². The van der Waals surface area contributed by atoms with Crippen LogP contribution in [0.4, 0.5) is 0 Å². The van der Waals surface area contributed by atoms with Gasteiger partial charge in [-0.05, 0) is 53.0 Å². The van der Waals surface area contributed by atoms with E-state index in [2.05, 4.69) is 58.3 Å². The van der Waals surface area contributed by atoms with E-state index in [9.17, 15) is 4.79 Å². The van der Waals surface area contributed by atoms with Gasteiger partial charge in [-0.2, -0.15) is 0 Å². The van der Waals surface area contributed by atoms with Crippen molar-refractivity contribution >= 4 is 22.6 Å². The lowest BCUT2D eigenvalue weighted by Gasteiger charge is -2.10. The van der Waals surface area contributed by atoms with E-state index < -0.39 is 0 Å². The fourth-order valence-corrected chi connectivity index (χ4v) is 2.55. The number of H-pyrrole nitrogens is 1. The lowest BCUT2D eigenvalue weighted by atomic mass is 10.1. The van der Waals surface area contributed by atoms with Gasteiger partial charge in [-0.15, -0.1) is 0 Å². The maximum absolute atomic E-state index is 12.1. The van der Waals surface area contributed by atoms with Crippen LogP contribution in [0, 0.1) is 9.49 Å². The molecule has 20 heavy (non-hydrogen) atoms. The van der Waals surface area contributed by atoms with Gasteiger partial charge in [0.05, 0.1) is 9.26 Å². The van der Waals surface area contributed by atoms with Crippen molar-refractivity contribution in [3.05, 3.63) is 43.5 Å². The molecule has 0 aliphatic carbocycles. The van der Waals surface area contributed by atoms with Crippen LogP contribution in [0.5, 0.6) is 0 Å². The highest BCUT2D eigenvalue weighted by atomic mass is 127. The summed E-state index contributed by atoms with van der Waals surface area (Å²) in [6.07, 6.45) is 3.39. The Kier molecular flexibility index (Phi) is 4.91. The predicted molar refractivity (Wildman–Crippen MR) is 88.7 cm³/mol. The van der Waals surface area contributed by atoms with Gasteiger partial charge >= 0.3 is 0 Å². The number of halogens is 1. The first-order valence-electron chi connectivity index (χ1n) is 6.75. The molecule has 2 aromatic heterocycles. The molecule has 5 heteroatoms. The lowest BCUT2D eigenvalue weighted by Crippen LogP contribution is -2.18. The highest BCUT2D eigenvalue weighted by molar-refractivity contribution is 14.1. The first-order chi connectivity index (χ1) is 9.52. The van der Waals surface area contributed by atoms with E-state index in [0.29, 0.717) is 15.3 Å². The van der Waals surface area contributed by atoms with Gasteiger partial charge in [0, 0.05) is 6.20 Å². The van der Waals surface area contributed by atoms with E-state index >= 15 is 0 Å². The highest BCUT2D eigenvalue weighted by Gasteiger charge is 2.14. The average molecular weight is 383 g/mol. The van der Waals surface area contributed by atoms with Crippen LogP contribution >= 0.6 is 22.6 Å². The zero-order valence-corrected chi connectivity index (χ0v) is 14.1. The standard InChI is InChI=1S/C15H18IN3O/c1-4-10-6-5-7-17-13(10)14-18-11(8-9(2)3)12(16)15(20)19-14/h5-7,9H,4,8H2,1-3H3,(H,18,19,20). The molecule has 2 rings (SSSR count). The van der Waals surface area contributed by atoms with Crippen LogP contribution in [-0.4, -0.2) is 15.0 Å². The molecule has 4 nitrogen and oxygen atoms in total. The van der Waals surface area contributed by atoms with E-state index in [4.69, 9.17) is 0 Å². The normalized spacial score (nSPS) is 11.1. The van der Waals surface area contributed by atoms with Crippen molar-refractivity contribution in [3.63, 3.8) is 0 Å². The molecule has 1 N–H and O–H groups in total. The second-order valence-corrected chi connectivity index (χ2v) is 6.22. The Morgan fingerprint density at radius 2 is 2.15 bits per heavy atom. The van der Waals surface area contributed by atoms with Crippen LogP contribution in [0.25, 0.3) is 11.5 Å².